The van der Waals surface area contributed by atoms with Gasteiger partial charge in [-0.2, -0.15) is 0 Å². The van der Waals surface area contributed by atoms with Crippen molar-refractivity contribution in [1.29, 1.82) is 0 Å². The van der Waals surface area contributed by atoms with Crippen LogP contribution in [0.4, 0.5) is 13.2 Å². The van der Waals surface area contributed by atoms with Gasteiger partial charge in [-0.3, -0.25) is 4.79 Å². The van der Waals surface area contributed by atoms with Crippen LogP contribution in [0.1, 0.15) is 24.3 Å². The number of ether oxygens (including phenoxy) is 1. The van der Waals surface area contributed by atoms with E-state index in [0.29, 0.717) is 18.4 Å². The number of carbonyl (C=O) groups is 1. The van der Waals surface area contributed by atoms with Gasteiger partial charge in [0.05, 0.1) is 5.92 Å². The second kappa shape index (κ2) is 4.51. The summed E-state index contributed by atoms with van der Waals surface area (Å²) in [5, 5.41) is 8.93. The number of aliphatic carboxylic acids is 1. The zero-order chi connectivity index (χ0) is 13.3. The number of carboxylic acids is 1. The Morgan fingerprint density at radius 2 is 1.94 bits per heavy atom. The van der Waals surface area contributed by atoms with Crippen molar-refractivity contribution in [3.63, 3.8) is 0 Å². The predicted octanol–water partition coefficient (Wildman–Crippen LogP) is 3.16. The molecule has 0 aliphatic heterocycles. The number of alkyl halides is 3. The third-order valence-electron chi connectivity index (χ3n) is 3.14. The highest BCUT2D eigenvalue weighted by atomic mass is 19.4. The van der Waals surface area contributed by atoms with E-state index in [9.17, 15) is 18.0 Å². The van der Waals surface area contributed by atoms with Gasteiger partial charge in [0.1, 0.15) is 5.75 Å². The number of hydrogen-bond acceptors (Lipinski definition) is 2. The van der Waals surface area contributed by atoms with Crippen molar-refractivity contribution in [1.82, 2.24) is 0 Å². The maximum Gasteiger partial charge on any atom is 0.573 e. The molecule has 2 unspecified atom stereocenters. The van der Waals surface area contributed by atoms with E-state index in [1.165, 1.54) is 18.2 Å². The highest BCUT2D eigenvalue weighted by Gasteiger charge is 2.40. The number of benzene rings is 1. The highest BCUT2D eigenvalue weighted by molar-refractivity contribution is 5.73. The van der Waals surface area contributed by atoms with Gasteiger partial charge in [-0.1, -0.05) is 18.2 Å². The number of carboxylic acid groups (broad SMARTS) is 1. The Balaban J connectivity index is 2.25. The number of hydrogen-bond donors (Lipinski definition) is 1. The Labute approximate surface area is 101 Å². The molecule has 0 saturated heterocycles. The molecule has 2 atom stereocenters. The van der Waals surface area contributed by atoms with Crippen molar-refractivity contribution >= 4 is 5.97 Å². The molecule has 18 heavy (non-hydrogen) atoms. The molecule has 1 aliphatic carbocycles. The fraction of sp³-hybridized carbons (Fsp3) is 0.417. The predicted molar refractivity (Wildman–Crippen MR) is 56.2 cm³/mol. The summed E-state index contributed by atoms with van der Waals surface area (Å²) >= 11 is 0. The lowest BCUT2D eigenvalue weighted by atomic mass is 9.70. The van der Waals surface area contributed by atoms with Crippen molar-refractivity contribution in [3.8, 4) is 5.75 Å². The second-order valence-corrected chi connectivity index (χ2v) is 4.21. The first-order chi connectivity index (χ1) is 8.38. The zero-order valence-electron chi connectivity index (χ0n) is 9.28. The largest absolute Gasteiger partial charge is 0.573 e. The van der Waals surface area contributed by atoms with Crippen LogP contribution in [0.5, 0.6) is 5.75 Å². The van der Waals surface area contributed by atoms with Crippen LogP contribution in [0.3, 0.4) is 0 Å². The van der Waals surface area contributed by atoms with Crippen molar-refractivity contribution in [2.45, 2.75) is 25.1 Å². The number of halogens is 3. The standard InChI is InChI=1S/C12H11F3O3/c13-12(14,15)18-10-4-2-1-3-8(10)7-5-6-9(7)11(16)17/h1-4,7,9H,5-6H2,(H,16,17). The molecule has 3 nitrogen and oxygen atoms in total. The van der Waals surface area contributed by atoms with Crippen LogP contribution < -0.4 is 4.74 Å². The molecule has 1 aromatic carbocycles. The second-order valence-electron chi connectivity index (χ2n) is 4.21. The molecule has 0 spiro atoms. The maximum absolute atomic E-state index is 12.2. The molecule has 0 amide bonds. The van der Waals surface area contributed by atoms with Gasteiger partial charge in [0.25, 0.3) is 0 Å². The van der Waals surface area contributed by atoms with Gasteiger partial charge in [-0.15, -0.1) is 13.2 Å². The summed E-state index contributed by atoms with van der Waals surface area (Å²) in [6.07, 6.45) is -3.71. The van der Waals surface area contributed by atoms with Crippen molar-refractivity contribution in [3.05, 3.63) is 29.8 Å². The topological polar surface area (TPSA) is 46.5 Å². The van der Waals surface area contributed by atoms with E-state index in [1.54, 1.807) is 6.07 Å². The van der Waals surface area contributed by atoms with Crippen LogP contribution in [-0.4, -0.2) is 17.4 Å². The molecule has 0 heterocycles. The van der Waals surface area contributed by atoms with E-state index in [1.807, 2.05) is 0 Å². The third kappa shape index (κ3) is 2.57. The molecule has 1 fully saturated rings. The average Bonchev–Trinajstić information content (AvgIpc) is 2.16. The lowest BCUT2D eigenvalue weighted by Gasteiger charge is -2.34. The minimum atomic E-state index is -4.77. The Hall–Kier alpha value is -1.72. The highest BCUT2D eigenvalue weighted by Crippen LogP contribution is 2.46. The lowest BCUT2D eigenvalue weighted by Crippen LogP contribution is -2.31. The summed E-state index contributed by atoms with van der Waals surface area (Å²) in [6, 6.07) is 5.70. The minimum Gasteiger partial charge on any atom is -0.481 e. The summed E-state index contributed by atoms with van der Waals surface area (Å²) in [5.41, 5.74) is 0.313. The smallest absolute Gasteiger partial charge is 0.481 e. The molecule has 6 heteroatoms. The SMILES string of the molecule is O=C(O)C1CCC1c1ccccc1OC(F)(F)F. The van der Waals surface area contributed by atoms with Crippen molar-refractivity contribution in [2.24, 2.45) is 5.92 Å². The van der Waals surface area contributed by atoms with Gasteiger partial charge >= 0.3 is 12.3 Å². The summed E-state index contributed by atoms with van der Waals surface area (Å²) in [5.74, 6) is -2.31. The first-order valence-electron chi connectivity index (χ1n) is 5.46. The lowest BCUT2D eigenvalue weighted by molar-refractivity contribution is -0.275. The van der Waals surface area contributed by atoms with Crippen LogP contribution in [-0.2, 0) is 4.79 Å². The van der Waals surface area contributed by atoms with Crippen molar-refractivity contribution < 1.29 is 27.8 Å². The maximum atomic E-state index is 12.2. The monoisotopic (exact) mass is 260 g/mol. The van der Waals surface area contributed by atoms with Gasteiger partial charge in [-0.25, -0.2) is 0 Å². The van der Waals surface area contributed by atoms with Crippen LogP contribution in [0, 0.1) is 5.92 Å². The van der Waals surface area contributed by atoms with Gasteiger partial charge in [-0.05, 0) is 24.5 Å². The minimum absolute atomic E-state index is 0.305. The quantitative estimate of drug-likeness (QED) is 0.908. The van der Waals surface area contributed by atoms with E-state index >= 15 is 0 Å². The molecule has 98 valence electrons. The van der Waals surface area contributed by atoms with E-state index < -0.39 is 24.2 Å². The molecule has 1 saturated carbocycles. The van der Waals surface area contributed by atoms with E-state index in [4.69, 9.17) is 5.11 Å². The van der Waals surface area contributed by atoms with Crippen LogP contribution in [0.25, 0.3) is 0 Å². The van der Waals surface area contributed by atoms with Gasteiger partial charge in [0.15, 0.2) is 0 Å². The Bertz CT molecular complexity index is 456. The molecule has 0 aromatic heterocycles. The first kappa shape index (κ1) is 12.7. The summed E-state index contributed by atoms with van der Waals surface area (Å²) in [7, 11) is 0. The molecule has 0 bridgehead atoms. The van der Waals surface area contributed by atoms with Gasteiger partial charge < -0.3 is 9.84 Å². The van der Waals surface area contributed by atoms with E-state index in [0.717, 1.165) is 0 Å². The van der Waals surface area contributed by atoms with E-state index in [2.05, 4.69) is 4.74 Å². The zero-order valence-corrected chi connectivity index (χ0v) is 9.28. The number of rotatable bonds is 3. The Morgan fingerprint density at radius 1 is 1.28 bits per heavy atom. The summed E-state index contributed by atoms with van der Waals surface area (Å²) in [6.45, 7) is 0. The van der Waals surface area contributed by atoms with Gasteiger partial charge in [0, 0.05) is 5.92 Å². The average molecular weight is 260 g/mol. The van der Waals surface area contributed by atoms with Crippen LogP contribution in [0.2, 0.25) is 0 Å². The van der Waals surface area contributed by atoms with E-state index in [-0.39, 0.29) is 5.75 Å². The van der Waals surface area contributed by atoms with Crippen LogP contribution in [0.15, 0.2) is 24.3 Å². The fourth-order valence-corrected chi connectivity index (χ4v) is 2.17. The van der Waals surface area contributed by atoms with Crippen molar-refractivity contribution in [2.75, 3.05) is 0 Å². The molecule has 2 rings (SSSR count). The number of para-hydroxylation sites is 1. The summed E-state index contributed by atoms with van der Waals surface area (Å²) in [4.78, 5) is 10.9. The Kier molecular flexibility index (Phi) is 3.19. The molecule has 1 aromatic rings. The first-order valence-corrected chi connectivity index (χ1v) is 5.46. The molecule has 1 aliphatic rings. The summed E-state index contributed by atoms with van der Waals surface area (Å²) < 4.78 is 40.6. The van der Waals surface area contributed by atoms with Gasteiger partial charge in [0.2, 0.25) is 0 Å². The molecule has 0 radical (unpaired) electrons. The molecular weight excluding hydrogens is 249 g/mol. The Morgan fingerprint density at radius 3 is 2.44 bits per heavy atom. The van der Waals surface area contributed by atoms with Crippen LogP contribution >= 0.6 is 0 Å². The normalized spacial score (nSPS) is 23.3. The third-order valence-corrected chi connectivity index (χ3v) is 3.14. The molecule has 1 N–H and O–H groups in total. The molecular formula is C12H11F3O3. The fourth-order valence-electron chi connectivity index (χ4n) is 2.17.